The second kappa shape index (κ2) is 6.61. The molecule has 78 valence electrons. The summed E-state index contributed by atoms with van der Waals surface area (Å²) in [6.07, 6.45) is 2.75. The molecule has 1 heteroatoms. The number of aryl methyl sites for hydroxylation is 1. The average Bonchev–Trinajstić information content (AvgIpc) is 2.21. The summed E-state index contributed by atoms with van der Waals surface area (Å²) in [5.41, 5.74) is 1.32. The van der Waals surface area contributed by atoms with Crippen LogP contribution in [0.15, 0.2) is 30.3 Å². The molecule has 1 heterocycles. The van der Waals surface area contributed by atoms with Gasteiger partial charge in [0.05, 0.1) is 0 Å². The van der Waals surface area contributed by atoms with E-state index in [0.29, 0.717) is 0 Å². The van der Waals surface area contributed by atoms with Gasteiger partial charge in [-0.2, -0.15) is 0 Å². The highest BCUT2D eigenvalue weighted by atomic mass is 14.9. The van der Waals surface area contributed by atoms with Gasteiger partial charge < -0.3 is 5.32 Å². The molecule has 0 spiro atoms. The monoisotopic (exact) mass is 191 g/mol. The number of hydrogen-bond donors (Lipinski definition) is 1. The lowest BCUT2D eigenvalue weighted by atomic mass is 10.0. The van der Waals surface area contributed by atoms with E-state index in [1.165, 1.54) is 31.5 Å². The lowest BCUT2D eigenvalue weighted by molar-refractivity contribution is 0.402. The van der Waals surface area contributed by atoms with E-state index in [1.54, 1.807) is 0 Å². The Balaban J connectivity index is 0.000000140. The van der Waals surface area contributed by atoms with Gasteiger partial charge in [0.1, 0.15) is 0 Å². The maximum Gasteiger partial charge on any atom is -0.00464 e. The van der Waals surface area contributed by atoms with Crippen molar-refractivity contribution in [2.75, 3.05) is 13.1 Å². The molecule has 0 aliphatic carbocycles. The first-order chi connectivity index (χ1) is 6.79. The minimum atomic E-state index is 0.973. The summed E-state index contributed by atoms with van der Waals surface area (Å²) in [4.78, 5) is 0. The Labute approximate surface area is 87.5 Å². The van der Waals surface area contributed by atoms with Crippen LogP contribution in [0.25, 0.3) is 0 Å². The van der Waals surface area contributed by atoms with Crippen molar-refractivity contribution < 1.29 is 0 Å². The fourth-order valence-corrected chi connectivity index (χ4v) is 1.50. The Hall–Kier alpha value is -0.820. The Morgan fingerprint density at radius 3 is 1.93 bits per heavy atom. The number of rotatable bonds is 0. The number of hydrogen-bond acceptors (Lipinski definition) is 1. The van der Waals surface area contributed by atoms with Crippen LogP contribution in [0, 0.1) is 12.8 Å². The van der Waals surface area contributed by atoms with Crippen LogP contribution in [0.2, 0.25) is 0 Å². The molecule has 1 nitrogen and oxygen atoms in total. The molecule has 1 fully saturated rings. The van der Waals surface area contributed by atoms with Crippen LogP contribution < -0.4 is 5.32 Å². The first-order valence-corrected chi connectivity index (χ1v) is 5.51. The van der Waals surface area contributed by atoms with Gasteiger partial charge in [0.2, 0.25) is 0 Å². The molecule has 14 heavy (non-hydrogen) atoms. The van der Waals surface area contributed by atoms with E-state index < -0.39 is 0 Å². The normalized spacial score (nSPS) is 17.0. The van der Waals surface area contributed by atoms with Gasteiger partial charge in [-0.25, -0.2) is 0 Å². The van der Waals surface area contributed by atoms with Crippen molar-refractivity contribution in [3.05, 3.63) is 35.9 Å². The first kappa shape index (κ1) is 11.3. The van der Waals surface area contributed by atoms with Crippen molar-refractivity contribution in [3.8, 4) is 0 Å². The van der Waals surface area contributed by atoms with Crippen molar-refractivity contribution in [2.24, 2.45) is 5.92 Å². The largest absolute Gasteiger partial charge is 0.317 e. The Morgan fingerprint density at radius 1 is 1.07 bits per heavy atom. The summed E-state index contributed by atoms with van der Waals surface area (Å²) in [6.45, 7) is 6.88. The van der Waals surface area contributed by atoms with Crippen molar-refractivity contribution in [2.45, 2.75) is 26.7 Å². The second-order valence-electron chi connectivity index (χ2n) is 4.09. The average molecular weight is 191 g/mol. The van der Waals surface area contributed by atoms with Crippen molar-refractivity contribution in [3.63, 3.8) is 0 Å². The molecule has 1 aromatic carbocycles. The molecule has 1 aromatic rings. The first-order valence-electron chi connectivity index (χ1n) is 5.51. The third-order valence-electron chi connectivity index (χ3n) is 2.57. The second-order valence-corrected chi connectivity index (χ2v) is 4.09. The van der Waals surface area contributed by atoms with Gasteiger partial charge in [-0.1, -0.05) is 42.8 Å². The summed E-state index contributed by atoms with van der Waals surface area (Å²) in [6, 6.07) is 10.3. The topological polar surface area (TPSA) is 12.0 Å². The van der Waals surface area contributed by atoms with Crippen molar-refractivity contribution >= 4 is 0 Å². The molecule has 1 aliphatic heterocycles. The van der Waals surface area contributed by atoms with Crippen LogP contribution in [0.5, 0.6) is 0 Å². The molecule has 1 N–H and O–H groups in total. The van der Waals surface area contributed by atoms with Crippen LogP contribution in [0.3, 0.4) is 0 Å². The predicted octanol–water partition coefficient (Wildman–Crippen LogP) is 3.00. The van der Waals surface area contributed by atoms with E-state index in [0.717, 1.165) is 5.92 Å². The highest BCUT2D eigenvalue weighted by Crippen LogP contribution is 2.08. The van der Waals surface area contributed by atoms with Crippen LogP contribution in [-0.4, -0.2) is 13.1 Å². The molecule has 0 amide bonds. The quantitative estimate of drug-likeness (QED) is 0.664. The zero-order chi connectivity index (χ0) is 10.2. The minimum Gasteiger partial charge on any atom is -0.317 e. The van der Waals surface area contributed by atoms with Crippen molar-refractivity contribution in [1.82, 2.24) is 5.32 Å². The van der Waals surface area contributed by atoms with Gasteiger partial charge in [0.25, 0.3) is 0 Å². The van der Waals surface area contributed by atoms with Gasteiger partial charge >= 0.3 is 0 Å². The van der Waals surface area contributed by atoms with E-state index >= 15 is 0 Å². The fourth-order valence-electron chi connectivity index (χ4n) is 1.50. The van der Waals surface area contributed by atoms with Crippen molar-refractivity contribution in [1.29, 1.82) is 0 Å². The standard InChI is InChI=1S/C7H8.C6H13N/c1-7-5-3-2-4-6-7;1-6-2-4-7-5-3-6/h2-6H,1H3;6-7H,2-5H2,1H3. The molecule has 0 saturated carbocycles. The highest BCUT2D eigenvalue weighted by Gasteiger charge is 2.04. The summed E-state index contributed by atoms with van der Waals surface area (Å²) >= 11 is 0. The Kier molecular flexibility index (Phi) is 5.31. The maximum atomic E-state index is 3.32. The third-order valence-corrected chi connectivity index (χ3v) is 2.57. The van der Waals surface area contributed by atoms with Gasteiger partial charge in [0.15, 0.2) is 0 Å². The van der Waals surface area contributed by atoms with E-state index in [9.17, 15) is 0 Å². The van der Waals surface area contributed by atoms with E-state index in [1.807, 2.05) is 18.2 Å². The third kappa shape index (κ3) is 5.03. The van der Waals surface area contributed by atoms with Crippen LogP contribution >= 0.6 is 0 Å². The summed E-state index contributed by atoms with van der Waals surface area (Å²) in [5.74, 6) is 0.973. The summed E-state index contributed by atoms with van der Waals surface area (Å²) < 4.78 is 0. The smallest absolute Gasteiger partial charge is 0.00464 e. The lowest BCUT2D eigenvalue weighted by Gasteiger charge is -2.17. The van der Waals surface area contributed by atoms with Gasteiger partial charge in [-0.05, 0) is 38.8 Å². The van der Waals surface area contributed by atoms with Gasteiger partial charge in [-0.3, -0.25) is 0 Å². The fraction of sp³-hybridized carbons (Fsp3) is 0.538. The molecule has 1 saturated heterocycles. The molecule has 2 rings (SSSR count). The SMILES string of the molecule is CC1CCNCC1.Cc1ccccc1. The number of benzene rings is 1. The zero-order valence-electron chi connectivity index (χ0n) is 9.29. The molecule has 1 aliphatic rings. The van der Waals surface area contributed by atoms with Gasteiger partial charge in [0, 0.05) is 0 Å². The zero-order valence-corrected chi connectivity index (χ0v) is 9.29. The predicted molar refractivity (Wildman–Crippen MR) is 62.4 cm³/mol. The van der Waals surface area contributed by atoms with Gasteiger partial charge in [-0.15, -0.1) is 0 Å². The maximum absolute atomic E-state index is 3.32. The number of nitrogens with one attached hydrogen (secondary N) is 1. The van der Waals surface area contributed by atoms with E-state index in [2.05, 4.69) is 31.3 Å². The molecule has 0 aromatic heterocycles. The Morgan fingerprint density at radius 2 is 1.64 bits per heavy atom. The summed E-state index contributed by atoms with van der Waals surface area (Å²) in [7, 11) is 0. The van der Waals surface area contributed by atoms with Crippen LogP contribution in [0.1, 0.15) is 25.3 Å². The van der Waals surface area contributed by atoms with E-state index in [4.69, 9.17) is 0 Å². The van der Waals surface area contributed by atoms with E-state index in [-0.39, 0.29) is 0 Å². The highest BCUT2D eigenvalue weighted by molar-refractivity contribution is 5.11. The molecule has 0 unspecified atom stereocenters. The van der Waals surface area contributed by atoms with Crippen LogP contribution in [0.4, 0.5) is 0 Å². The molecular formula is C13H21N. The molecule has 0 atom stereocenters. The lowest BCUT2D eigenvalue weighted by Crippen LogP contribution is -2.26. The Bertz CT molecular complexity index is 224. The minimum absolute atomic E-state index is 0.973. The molecule has 0 bridgehead atoms. The summed E-state index contributed by atoms with van der Waals surface area (Å²) in [5, 5.41) is 3.32. The number of piperidine rings is 1. The molecule has 0 radical (unpaired) electrons. The molecular weight excluding hydrogens is 170 g/mol. The van der Waals surface area contributed by atoms with Crippen LogP contribution in [-0.2, 0) is 0 Å².